The Bertz CT molecular complexity index is 1110. The maximum Gasteiger partial charge on any atom is 0.141 e. The van der Waals surface area contributed by atoms with E-state index in [2.05, 4.69) is 92.1 Å². The number of hydrogen-bond donors (Lipinski definition) is 0. The third-order valence-electron chi connectivity index (χ3n) is 5.79. The van der Waals surface area contributed by atoms with Crippen LogP contribution in [0.15, 0.2) is 72.8 Å². The Labute approximate surface area is 179 Å². The van der Waals surface area contributed by atoms with Crippen molar-refractivity contribution in [3.05, 3.63) is 83.9 Å². The first-order valence-corrected chi connectivity index (χ1v) is 10.9. The molecule has 1 aromatic heterocycles. The molecule has 0 saturated heterocycles. The van der Waals surface area contributed by atoms with Crippen molar-refractivity contribution in [1.82, 2.24) is 9.55 Å². The number of hydrogen-bond acceptors (Lipinski definition) is 2. The van der Waals surface area contributed by atoms with E-state index in [4.69, 9.17) is 9.72 Å². The highest BCUT2D eigenvalue weighted by molar-refractivity contribution is 5.80. The molecule has 3 heteroatoms. The van der Waals surface area contributed by atoms with Crippen molar-refractivity contribution >= 4 is 11.0 Å². The average Bonchev–Trinajstić information content (AvgIpc) is 3.15. The van der Waals surface area contributed by atoms with Gasteiger partial charge in [-0.1, -0.05) is 61.9 Å². The van der Waals surface area contributed by atoms with Crippen LogP contribution in [0.4, 0.5) is 0 Å². The van der Waals surface area contributed by atoms with Crippen LogP contribution in [0.3, 0.4) is 0 Å². The molecule has 0 amide bonds. The summed E-state index contributed by atoms with van der Waals surface area (Å²) in [5.41, 5.74) is 5.99. The Morgan fingerprint density at radius 2 is 1.77 bits per heavy atom. The molecule has 0 aliphatic heterocycles. The van der Waals surface area contributed by atoms with Crippen molar-refractivity contribution < 1.29 is 4.74 Å². The van der Waals surface area contributed by atoms with E-state index in [1.807, 2.05) is 6.07 Å². The number of nitrogens with zero attached hydrogens (tertiary/aromatic N) is 2. The molecule has 3 nitrogen and oxygen atoms in total. The Kier molecular flexibility index (Phi) is 6.18. The van der Waals surface area contributed by atoms with Gasteiger partial charge < -0.3 is 9.30 Å². The monoisotopic (exact) mass is 398 g/mol. The van der Waals surface area contributed by atoms with Gasteiger partial charge in [0.1, 0.15) is 11.6 Å². The molecule has 0 aliphatic rings. The van der Waals surface area contributed by atoms with Gasteiger partial charge in [0.2, 0.25) is 0 Å². The summed E-state index contributed by atoms with van der Waals surface area (Å²) < 4.78 is 8.33. The predicted octanol–water partition coefficient (Wildman–Crippen LogP) is 6.99. The van der Waals surface area contributed by atoms with Gasteiger partial charge in [-0.25, -0.2) is 4.98 Å². The van der Waals surface area contributed by atoms with Gasteiger partial charge in [-0.3, -0.25) is 0 Å². The summed E-state index contributed by atoms with van der Waals surface area (Å²) in [6, 6.07) is 25.5. The van der Waals surface area contributed by atoms with E-state index in [-0.39, 0.29) is 0 Å². The molecule has 0 radical (unpaired) electrons. The first kappa shape index (κ1) is 20.2. The van der Waals surface area contributed by atoms with E-state index in [0.717, 1.165) is 42.0 Å². The van der Waals surface area contributed by atoms with Crippen molar-refractivity contribution in [1.29, 1.82) is 0 Å². The van der Waals surface area contributed by atoms with Crippen LogP contribution >= 0.6 is 0 Å². The smallest absolute Gasteiger partial charge is 0.141 e. The van der Waals surface area contributed by atoms with Gasteiger partial charge in [-0.05, 0) is 61.6 Å². The van der Waals surface area contributed by atoms with Gasteiger partial charge in [-0.2, -0.15) is 0 Å². The molecule has 0 N–H and O–H groups in total. The van der Waals surface area contributed by atoms with Crippen LogP contribution < -0.4 is 4.74 Å². The van der Waals surface area contributed by atoms with E-state index >= 15 is 0 Å². The maximum atomic E-state index is 6.02. The minimum atomic E-state index is 0.591. The van der Waals surface area contributed by atoms with Crippen LogP contribution in [0.1, 0.15) is 43.7 Å². The molecular formula is C27H30N2O. The molecule has 30 heavy (non-hydrogen) atoms. The molecule has 1 heterocycles. The fraction of sp³-hybridized carbons (Fsp3) is 0.296. The number of aryl methyl sites for hydroxylation is 2. The molecular weight excluding hydrogens is 368 g/mol. The van der Waals surface area contributed by atoms with E-state index in [1.54, 1.807) is 0 Å². The van der Waals surface area contributed by atoms with Gasteiger partial charge in [0.05, 0.1) is 17.6 Å². The number of ether oxygens (including phenoxy) is 1. The Morgan fingerprint density at radius 3 is 2.53 bits per heavy atom. The number of aromatic nitrogens is 2. The van der Waals surface area contributed by atoms with Crippen LogP contribution in [-0.4, -0.2) is 16.2 Å². The lowest BCUT2D eigenvalue weighted by Gasteiger charge is -2.12. The summed E-state index contributed by atoms with van der Waals surface area (Å²) in [5.74, 6) is 2.56. The van der Waals surface area contributed by atoms with Gasteiger partial charge in [0.25, 0.3) is 0 Å². The highest BCUT2D eigenvalue weighted by Crippen LogP contribution is 2.26. The summed E-state index contributed by atoms with van der Waals surface area (Å²) in [7, 11) is 0. The van der Waals surface area contributed by atoms with Crippen LogP contribution in [0.5, 0.6) is 5.75 Å². The zero-order chi connectivity index (χ0) is 20.9. The minimum Gasteiger partial charge on any atom is -0.494 e. The normalized spacial score (nSPS) is 12.2. The number of benzene rings is 3. The molecule has 4 rings (SSSR count). The second-order valence-electron chi connectivity index (χ2n) is 8.03. The molecule has 154 valence electrons. The molecule has 0 aliphatic carbocycles. The van der Waals surface area contributed by atoms with Gasteiger partial charge >= 0.3 is 0 Å². The average molecular weight is 399 g/mol. The molecule has 0 saturated carbocycles. The van der Waals surface area contributed by atoms with E-state index < -0.39 is 0 Å². The predicted molar refractivity (Wildman–Crippen MR) is 125 cm³/mol. The third-order valence-corrected chi connectivity index (χ3v) is 5.79. The molecule has 4 aromatic rings. The molecule has 1 atom stereocenters. The quantitative estimate of drug-likeness (QED) is 0.299. The Hall–Kier alpha value is -3.07. The van der Waals surface area contributed by atoms with Gasteiger partial charge in [0, 0.05) is 12.1 Å². The van der Waals surface area contributed by atoms with E-state index in [1.165, 1.54) is 16.6 Å². The zero-order valence-corrected chi connectivity index (χ0v) is 18.1. The zero-order valence-electron chi connectivity index (χ0n) is 18.1. The fourth-order valence-corrected chi connectivity index (χ4v) is 3.85. The molecule has 3 aromatic carbocycles. The molecule has 0 fully saturated rings. The third kappa shape index (κ3) is 4.40. The summed E-state index contributed by atoms with van der Waals surface area (Å²) in [5, 5.41) is 0. The topological polar surface area (TPSA) is 27.1 Å². The lowest BCUT2D eigenvalue weighted by Crippen LogP contribution is -2.06. The molecule has 1 unspecified atom stereocenters. The highest BCUT2D eigenvalue weighted by atomic mass is 16.5. The Balaban J connectivity index is 1.47. The standard InChI is InChI=1S/C27H30N2O/c1-4-21(3)22-13-15-24(16-14-22)30-18-8-17-29-26-12-6-5-11-25(26)28-27(29)23-10-7-9-20(2)19-23/h5-7,9-16,19,21H,4,8,17-18H2,1-3H3. The lowest BCUT2D eigenvalue weighted by molar-refractivity contribution is 0.302. The van der Waals surface area contributed by atoms with E-state index in [0.29, 0.717) is 12.5 Å². The van der Waals surface area contributed by atoms with Crippen LogP contribution in [0, 0.1) is 6.92 Å². The van der Waals surface area contributed by atoms with Crippen LogP contribution in [0.25, 0.3) is 22.4 Å². The summed E-state index contributed by atoms with van der Waals surface area (Å²) in [6.45, 7) is 8.16. The summed E-state index contributed by atoms with van der Waals surface area (Å²) in [4.78, 5) is 4.92. The van der Waals surface area contributed by atoms with Crippen molar-refractivity contribution in [3.63, 3.8) is 0 Å². The summed E-state index contributed by atoms with van der Waals surface area (Å²) >= 11 is 0. The van der Waals surface area contributed by atoms with Crippen molar-refractivity contribution in [2.75, 3.05) is 6.61 Å². The van der Waals surface area contributed by atoms with Crippen LogP contribution in [0.2, 0.25) is 0 Å². The largest absolute Gasteiger partial charge is 0.494 e. The first-order valence-electron chi connectivity index (χ1n) is 10.9. The molecule has 0 spiro atoms. The van der Waals surface area contributed by atoms with Crippen LogP contribution in [-0.2, 0) is 6.54 Å². The number of fused-ring (bicyclic) bond motifs is 1. The van der Waals surface area contributed by atoms with Crippen molar-refractivity contribution in [2.45, 2.75) is 46.1 Å². The van der Waals surface area contributed by atoms with Gasteiger partial charge in [-0.15, -0.1) is 0 Å². The van der Waals surface area contributed by atoms with Crippen molar-refractivity contribution in [3.8, 4) is 17.1 Å². The van der Waals surface area contributed by atoms with E-state index in [9.17, 15) is 0 Å². The minimum absolute atomic E-state index is 0.591. The number of imidazole rings is 1. The lowest BCUT2D eigenvalue weighted by atomic mass is 9.99. The fourth-order valence-electron chi connectivity index (χ4n) is 3.85. The first-order chi connectivity index (χ1) is 14.7. The van der Waals surface area contributed by atoms with Crippen molar-refractivity contribution in [2.24, 2.45) is 0 Å². The van der Waals surface area contributed by atoms with Gasteiger partial charge in [0.15, 0.2) is 0 Å². The summed E-state index contributed by atoms with van der Waals surface area (Å²) in [6.07, 6.45) is 2.08. The number of para-hydroxylation sites is 2. The maximum absolute atomic E-state index is 6.02. The highest BCUT2D eigenvalue weighted by Gasteiger charge is 2.12. The molecule has 0 bridgehead atoms. The second kappa shape index (κ2) is 9.17. The SMILES string of the molecule is CCC(C)c1ccc(OCCCn2c(-c3cccc(C)c3)nc3ccccc32)cc1. The Morgan fingerprint density at radius 1 is 0.967 bits per heavy atom. The number of rotatable bonds is 8. The second-order valence-corrected chi connectivity index (χ2v) is 8.03.